The van der Waals surface area contributed by atoms with E-state index >= 15 is 0 Å². The van der Waals surface area contributed by atoms with Crippen LogP contribution in [0.4, 0.5) is 5.69 Å². The normalized spacial score (nSPS) is 10.6. The predicted octanol–water partition coefficient (Wildman–Crippen LogP) is 3.47. The van der Waals surface area contributed by atoms with Gasteiger partial charge in [0.1, 0.15) is 6.54 Å². The number of aryl methyl sites for hydroxylation is 3. The van der Waals surface area contributed by atoms with Crippen molar-refractivity contribution in [2.75, 3.05) is 5.32 Å². The van der Waals surface area contributed by atoms with Crippen LogP contribution in [0.15, 0.2) is 59.4 Å². The fourth-order valence-corrected chi connectivity index (χ4v) is 2.95. The first-order valence-corrected chi connectivity index (χ1v) is 8.45. The molecule has 0 aliphatic rings. The summed E-state index contributed by atoms with van der Waals surface area (Å²) in [6.07, 6.45) is 0. The van der Waals surface area contributed by atoms with Crippen molar-refractivity contribution >= 4 is 11.6 Å². The van der Waals surface area contributed by atoms with Gasteiger partial charge in [-0.3, -0.25) is 9.59 Å². The molecule has 0 aliphatic heterocycles. The Morgan fingerprint density at radius 1 is 1.00 bits per heavy atom. The number of anilines is 1. The summed E-state index contributed by atoms with van der Waals surface area (Å²) in [5.41, 5.74) is 5.21. The van der Waals surface area contributed by atoms with Crippen LogP contribution in [0.2, 0.25) is 0 Å². The third-order valence-electron chi connectivity index (χ3n) is 4.09. The van der Waals surface area contributed by atoms with Crippen LogP contribution in [-0.2, 0) is 11.3 Å². The molecule has 0 saturated heterocycles. The second-order valence-electron chi connectivity index (χ2n) is 6.45. The number of rotatable bonds is 4. The van der Waals surface area contributed by atoms with Gasteiger partial charge in [0.25, 0.3) is 5.56 Å². The Morgan fingerprint density at radius 3 is 2.38 bits per heavy atom. The number of aromatic nitrogens is 2. The number of carbonyl (C=O) groups is 1. The lowest BCUT2D eigenvalue weighted by Crippen LogP contribution is -2.29. The topological polar surface area (TPSA) is 64.0 Å². The highest BCUT2D eigenvalue weighted by Crippen LogP contribution is 2.19. The lowest BCUT2D eigenvalue weighted by Gasteiger charge is -2.10. The van der Waals surface area contributed by atoms with Gasteiger partial charge in [-0.25, -0.2) is 4.68 Å². The van der Waals surface area contributed by atoms with E-state index in [1.807, 2.05) is 63.2 Å². The molecule has 26 heavy (non-hydrogen) atoms. The van der Waals surface area contributed by atoms with Crippen molar-refractivity contribution in [2.24, 2.45) is 0 Å². The van der Waals surface area contributed by atoms with Gasteiger partial charge in [0.15, 0.2) is 0 Å². The first-order chi connectivity index (χ1) is 12.4. The van der Waals surface area contributed by atoms with E-state index in [0.717, 1.165) is 27.9 Å². The number of nitrogens with one attached hydrogen (secondary N) is 1. The van der Waals surface area contributed by atoms with Crippen molar-refractivity contribution in [1.82, 2.24) is 9.78 Å². The van der Waals surface area contributed by atoms with Crippen molar-refractivity contribution in [3.8, 4) is 11.3 Å². The predicted molar refractivity (Wildman–Crippen MR) is 103 cm³/mol. The lowest BCUT2D eigenvalue weighted by atomic mass is 10.1. The Kier molecular flexibility index (Phi) is 4.98. The van der Waals surface area contributed by atoms with Gasteiger partial charge in [0.05, 0.1) is 5.69 Å². The Morgan fingerprint density at radius 2 is 1.69 bits per heavy atom. The summed E-state index contributed by atoms with van der Waals surface area (Å²) in [4.78, 5) is 24.5. The second-order valence-corrected chi connectivity index (χ2v) is 6.45. The number of nitrogens with zero attached hydrogens (tertiary/aromatic N) is 2. The van der Waals surface area contributed by atoms with Gasteiger partial charge in [-0.1, -0.05) is 30.3 Å². The number of carbonyl (C=O) groups excluding carboxylic acids is 1. The van der Waals surface area contributed by atoms with Crippen LogP contribution in [0.1, 0.15) is 16.7 Å². The van der Waals surface area contributed by atoms with E-state index in [1.54, 1.807) is 6.07 Å². The first-order valence-electron chi connectivity index (χ1n) is 8.45. The molecule has 0 saturated carbocycles. The van der Waals surface area contributed by atoms with Gasteiger partial charge in [-0.05, 0) is 55.7 Å². The minimum Gasteiger partial charge on any atom is -0.324 e. The Balaban J connectivity index is 1.83. The summed E-state index contributed by atoms with van der Waals surface area (Å²) in [7, 11) is 0. The molecule has 0 atom stereocenters. The molecular weight excluding hydrogens is 326 g/mol. The molecule has 2 aromatic carbocycles. The maximum Gasteiger partial charge on any atom is 0.267 e. The first kappa shape index (κ1) is 17.6. The van der Waals surface area contributed by atoms with E-state index in [0.29, 0.717) is 5.69 Å². The van der Waals surface area contributed by atoms with Crippen LogP contribution in [0, 0.1) is 20.8 Å². The third kappa shape index (κ3) is 4.06. The fraction of sp³-hybridized carbons (Fsp3) is 0.190. The molecule has 3 aromatic rings. The van der Waals surface area contributed by atoms with E-state index in [4.69, 9.17) is 0 Å². The summed E-state index contributed by atoms with van der Waals surface area (Å²) in [6.45, 7) is 5.80. The average Bonchev–Trinajstić information content (AvgIpc) is 2.56. The van der Waals surface area contributed by atoms with Gasteiger partial charge in [-0.2, -0.15) is 5.10 Å². The minimum atomic E-state index is -0.307. The molecule has 0 unspecified atom stereocenters. The standard InChI is InChI=1S/C21H21N3O2/c1-14-10-15(2)12-17(11-14)22-20(25)13-24-21(26)9-8-19(23-24)18-7-5-4-6-16(18)3/h4-12H,13H2,1-3H3,(H,22,25). The second kappa shape index (κ2) is 7.35. The maximum absolute atomic E-state index is 12.4. The summed E-state index contributed by atoms with van der Waals surface area (Å²) >= 11 is 0. The van der Waals surface area contributed by atoms with Gasteiger partial charge < -0.3 is 5.32 Å². The molecule has 0 spiro atoms. The van der Waals surface area contributed by atoms with Crippen molar-refractivity contribution in [3.05, 3.63) is 81.6 Å². The molecule has 1 heterocycles. The van der Waals surface area contributed by atoms with Gasteiger partial charge in [0, 0.05) is 17.3 Å². The Hall–Kier alpha value is -3.21. The van der Waals surface area contributed by atoms with Crippen LogP contribution in [-0.4, -0.2) is 15.7 Å². The van der Waals surface area contributed by atoms with Crippen molar-refractivity contribution < 1.29 is 4.79 Å². The summed E-state index contributed by atoms with van der Waals surface area (Å²) < 4.78 is 1.19. The summed E-state index contributed by atoms with van der Waals surface area (Å²) in [6, 6.07) is 16.8. The van der Waals surface area contributed by atoms with Crippen LogP contribution in [0.5, 0.6) is 0 Å². The van der Waals surface area contributed by atoms with E-state index < -0.39 is 0 Å². The minimum absolute atomic E-state index is 0.133. The summed E-state index contributed by atoms with van der Waals surface area (Å²) in [5, 5.41) is 7.19. The highest BCUT2D eigenvalue weighted by Gasteiger charge is 2.10. The molecule has 0 bridgehead atoms. The van der Waals surface area contributed by atoms with Crippen molar-refractivity contribution in [2.45, 2.75) is 27.3 Å². The molecule has 0 fully saturated rings. The third-order valence-corrected chi connectivity index (χ3v) is 4.09. The van der Waals surface area contributed by atoms with E-state index in [-0.39, 0.29) is 18.0 Å². The zero-order valence-corrected chi connectivity index (χ0v) is 15.1. The molecule has 1 amide bonds. The highest BCUT2D eigenvalue weighted by atomic mass is 16.2. The number of hydrogen-bond acceptors (Lipinski definition) is 3. The molecule has 132 valence electrons. The zero-order chi connectivity index (χ0) is 18.7. The fourth-order valence-electron chi connectivity index (χ4n) is 2.95. The molecular formula is C21H21N3O2. The van der Waals surface area contributed by atoms with Gasteiger partial charge >= 0.3 is 0 Å². The Bertz CT molecular complexity index is 1000. The van der Waals surface area contributed by atoms with Gasteiger partial charge in [-0.15, -0.1) is 0 Å². The number of amides is 1. The quantitative estimate of drug-likeness (QED) is 0.786. The van der Waals surface area contributed by atoms with E-state index in [1.165, 1.54) is 10.7 Å². The van der Waals surface area contributed by atoms with E-state index in [2.05, 4.69) is 10.4 Å². The van der Waals surface area contributed by atoms with Crippen molar-refractivity contribution in [3.63, 3.8) is 0 Å². The van der Waals surface area contributed by atoms with Crippen LogP contribution in [0.25, 0.3) is 11.3 Å². The van der Waals surface area contributed by atoms with Crippen LogP contribution in [0.3, 0.4) is 0 Å². The molecule has 3 rings (SSSR count). The monoisotopic (exact) mass is 347 g/mol. The zero-order valence-electron chi connectivity index (χ0n) is 15.1. The molecule has 0 radical (unpaired) electrons. The van der Waals surface area contributed by atoms with Crippen LogP contribution >= 0.6 is 0 Å². The van der Waals surface area contributed by atoms with Crippen molar-refractivity contribution in [1.29, 1.82) is 0 Å². The molecule has 1 N–H and O–H groups in total. The number of benzene rings is 2. The molecule has 0 aliphatic carbocycles. The maximum atomic E-state index is 12.4. The largest absolute Gasteiger partial charge is 0.324 e. The average molecular weight is 347 g/mol. The summed E-state index contributed by atoms with van der Waals surface area (Å²) in [5.74, 6) is -0.286. The van der Waals surface area contributed by atoms with Crippen LogP contribution < -0.4 is 10.9 Å². The highest BCUT2D eigenvalue weighted by molar-refractivity contribution is 5.90. The smallest absolute Gasteiger partial charge is 0.267 e. The lowest BCUT2D eigenvalue weighted by molar-refractivity contribution is -0.117. The molecule has 5 nitrogen and oxygen atoms in total. The van der Waals surface area contributed by atoms with Gasteiger partial charge in [0.2, 0.25) is 5.91 Å². The van der Waals surface area contributed by atoms with E-state index in [9.17, 15) is 9.59 Å². The molecule has 5 heteroatoms. The number of hydrogen-bond donors (Lipinski definition) is 1. The molecule has 1 aromatic heterocycles. The Labute approximate surface area is 152 Å². The SMILES string of the molecule is Cc1cc(C)cc(NC(=O)Cn2nc(-c3ccccc3C)ccc2=O)c1.